The number of pyridine rings is 2. The van der Waals surface area contributed by atoms with Crippen molar-refractivity contribution in [2.24, 2.45) is 5.92 Å². The molecule has 2 amide bonds. The fourth-order valence-electron chi connectivity index (χ4n) is 6.20. The Bertz CT molecular complexity index is 1750. The molecule has 4 aromatic rings. The van der Waals surface area contributed by atoms with Gasteiger partial charge in [-0.25, -0.2) is 9.97 Å². The quantitative estimate of drug-likeness (QED) is 0.233. The molecule has 1 aromatic carbocycles. The Hall–Kier alpha value is -4.74. The van der Waals surface area contributed by atoms with Gasteiger partial charge in [0.05, 0.1) is 22.5 Å². The lowest BCUT2D eigenvalue weighted by atomic mass is 9.85. The van der Waals surface area contributed by atoms with Crippen LogP contribution >= 0.6 is 0 Å². The van der Waals surface area contributed by atoms with Crippen LogP contribution in [0.25, 0.3) is 28.2 Å². The van der Waals surface area contributed by atoms with Gasteiger partial charge in [0.1, 0.15) is 17.3 Å². The van der Waals surface area contributed by atoms with Gasteiger partial charge in [0.15, 0.2) is 0 Å². The zero-order valence-corrected chi connectivity index (χ0v) is 24.6. The first-order chi connectivity index (χ1) is 21.7. The monoisotopic (exact) mass is 617 g/mol. The summed E-state index contributed by atoms with van der Waals surface area (Å²) in [6.07, 6.45) is 9.57. The largest absolute Gasteiger partial charge is 0.416 e. The summed E-state index contributed by atoms with van der Waals surface area (Å²) in [7, 11) is 0. The average Bonchev–Trinajstić information content (AvgIpc) is 3.44. The number of nitrogens with two attached hydrogens (primary N) is 1. The highest BCUT2D eigenvalue weighted by atomic mass is 19.4. The van der Waals surface area contributed by atoms with E-state index in [0.29, 0.717) is 35.4 Å². The Morgan fingerprint density at radius 1 is 1.04 bits per heavy atom. The number of aromatic nitrogens is 4. The van der Waals surface area contributed by atoms with E-state index in [2.05, 4.69) is 32.8 Å². The van der Waals surface area contributed by atoms with Crippen molar-refractivity contribution in [3.05, 3.63) is 71.6 Å². The lowest BCUT2D eigenvalue weighted by molar-refractivity contribution is -0.137. The van der Waals surface area contributed by atoms with Crippen LogP contribution < -0.4 is 16.4 Å². The Kier molecular flexibility index (Phi) is 8.55. The van der Waals surface area contributed by atoms with Gasteiger partial charge in [-0.2, -0.15) is 18.3 Å². The number of carbonyl (C=O) groups excluding carboxylic acids is 2. The third-order valence-corrected chi connectivity index (χ3v) is 8.54. The molecule has 2 atom stereocenters. The molecule has 0 unspecified atom stereocenters. The number of amides is 2. The summed E-state index contributed by atoms with van der Waals surface area (Å²) in [4.78, 5) is 34.2. The number of nitrogen functional groups attached to an aromatic ring is 1. The van der Waals surface area contributed by atoms with E-state index in [1.165, 1.54) is 0 Å². The Morgan fingerprint density at radius 2 is 1.87 bits per heavy atom. The molecule has 4 heterocycles. The molecule has 234 valence electrons. The molecule has 9 nitrogen and oxygen atoms in total. The topological polar surface area (TPSA) is 128 Å². The van der Waals surface area contributed by atoms with E-state index in [1.807, 2.05) is 4.68 Å². The second kappa shape index (κ2) is 12.7. The standard InChI is InChI=1S/C33H34F3N7O2/c34-33(35,36)24-14-16-38-26(18-24)41-32(45)21-12-10-20(11-13-21)28-27-29-23(19-40-30(27)37)7-4-2-1-3-5-15-39-31(44)22-8-6-9-25(17-22)43(29)42-28/h4,7,10-14,16,18-19,22,25H,1-3,5-6,8-9,15,17H2,(H2,37,40)(H,39,44)(H,38,41,45)/b7-4+/t22-,25-/m1/s1. The highest BCUT2D eigenvalue weighted by molar-refractivity contribution is 6.06. The van der Waals surface area contributed by atoms with Crippen LogP contribution in [0.4, 0.5) is 24.8 Å². The van der Waals surface area contributed by atoms with Gasteiger partial charge in [0, 0.05) is 41.5 Å². The third-order valence-electron chi connectivity index (χ3n) is 8.54. The SMILES string of the molecule is Nc1ncc2c3c1c(-c1ccc(C(=O)Nc4cc(C(F)(F)F)ccn4)cc1)nn3[C@@H]1CCC[C@H](C1)C(=O)NCCCCC/C=C/2. The fourth-order valence-corrected chi connectivity index (χ4v) is 6.20. The van der Waals surface area contributed by atoms with Gasteiger partial charge < -0.3 is 16.4 Å². The van der Waals surface area contributed by atoms with E-state index in [4.69, 9.17) is 10.8 Å². The smallest absolute Gasteiger partial charge is 0.383 e. The molecule has 0 spiro atoms. The molecule has 2 bridgehead atoms. The molecular formula is C33H34F3N7O2. The van der Waals surface area contributed by atoms with E-state index in [1.54, 1.807) is 30.5 Å². The van der Waals surface area contributed by atoms with Crippen LogP contribution in [-0.4, -0.2) is 38.1 Å². The number of benzene rings is 1. The Morgan fingerprint density at radius 3 is 2.67 bits per heavy atom. The van der Waals surface area contributed by atoms with Crippen molar-refractivity contribution in [2.75, 3.05) is 17.6 Å². The van der Waals surface area contributed by atoms with E-state index in [-0.39, 0.29) is 29.2 Å². The molecule has 3 aromatic heterocycles. The maximum atomic E-state index is 13.1. The number of anilines is 2. The van der Waals surface area contributed by atoms with Crippen LogP contribution in [0, 0.1) is 5.92 Å². The first kappa shape index (κ1) is 30.3. The van der Waals surface area contributed by atoms with Gasteiger partial charge in [-0.15, -0.1) is 0 Å². The molecule has 1 saturated carbocycles. The van der Waals surface area contributed by atoms with E-state index >= 15 is 0 Å². The van der Waals surface area contributed by atoms with E-state index < -0.39 is 17.6 Å². The summed E-state index contributed by atoms with van der Waals surface area (Å²) in [5, 5.41) is 11.3. The number of halogens is 3. The van der Waals surface area contributed by atoms with Crippen molar-refractivity contribution in [3.8, 4) is 11.3 Å². The lowest BCUT2D eigenvalue weighted by Gasteiger charge is -2.29. The lowest BCUT2D eigenvalue weighted by Crippen LogP contribution is -2.35. The average molecular weight is 618 g/mol. The van der Waals surface area contributed by atoms with Crippen molar-refractivity contribution in [1.82, 2.24) is 25.1 Å². The van der Waals surface area contributed by atoms with Crippen LogP contribution in [0.15, 0.2) is 54.9 Å². The summed E-state index contributed by atoms with van der Waals surface area (Å²) in [6.45, 7) is 0.686. The summed E-state index contributed by atoms with van der Waals surface area (Å²) in [6, 6.07) is 8.23. The first-order valence-electron chi connectivity index (χ1n) is 15.2. The number of fused-ring (bicyclic) bond motifs is 3. The maximum absolute atomic E-state index is 13.1. The number of allylic oxidation sites excluding steroid dienone is 1. The highest BCUT2D eigenvalue weighted by Crippen LogP contribution is 2.40. The zero-order valence-electron chi connectivity index (χ0n) is 24.6. The van der Waals surface area contributed by atoms with Crippen LogP contribution in [0.3, 0.4) is 0 Å². The van der Waals surface area contributed by atoms with E-state index in [0.717, 1.165) is 74.4 Å². The summed E-state index contributed by atoms with van der Waals surface area (Å²) < 4.78 is 41.3. The Labute approximate surface area is 258 Å². The van der Waals surface area contributed by atoms with Crippen molar-refractivity contribution in [1.29, 1.82) is 0 Å². The van der Waals surface area contributed by atoms with Gasteiger partial charge in [-0.3, -0.25) is 14.3 Å². The fraction of sp³-hybridized carbons (Fsp3) is 0.364. The number of hydrogen-bond acceptors (Lipinski definition) is 6. The van der Waals surface area contributed by atoms with Gasteiger partial charge in [-0.1, -0.05) is 37.1 Å². The zero-order chi connectivity index (χ0) is 31.6. The van der Waals surface area contributed by atoms with Crippen LogP contribution in [0.5, 0.6) is 0 Å². The molecule has 1 aliphatic carbocycles. The van der Waals surface area contributed by atoms with Crippen molar-refractivity contribution in [2.45, 2.75) is 63.6 Å². The predicted molar refractivity (Wildman–Crippen MR) is 166 cm³/mol. The number of nitrogens with one attached hydrogen (secondary N) is 2. The summed E-state index contributed by atoms with van der Waals surface area (Å²) in [5.74, 6) is -0.478. The van der Waals surface area contributed by atoms with Gasteiger partial charge in [0.2, 0.25) is 5.91 Å². The first-order valence-corrected chi connectivity index (χ1v) is 15.2. The second-order valence-corrected chi connectivity index (χ2v) is 11.6. The summed E-state index contributed by atoms with van der Waals surface area (Å²) in [5.41, 5.74) is 8.87. The number of alkyl halides is 3. The minimum atomic E-state index is -4.55. The maximum Gasteiger partial charge on any atom is 0.416 e. The molecule has 4 N–H and O–H groups in total. The number of hydrogen-bond donors (Lipinski definition) is 3. The van der Waals surface area contributed by atoms with E-state index in [9.17, 15) is 22.8 Å². The molecular weight excluding hydrogens is 583 g/mol. The number of rotatable bonds is 3. The summed E-state index contributed by atoms with van der Waals surface area (Å²) >= 11 is 0. The third kappa shape index (κ3) is 6.54. The number of carbonyl (C=O) groups is 2. The molecule has 1 aliphatic heterocycles. The molecule has 45 heavy (non-hydrogen) atoms. The molecule has 2 aliphatic rings. The molecule has 1 fully saturated rings. The minimum Gasteiger partial charge on any atom is -0.383 e. The van der Waals surface area contributed by atoms with Crippen molar-refractivity contribution >= 4 is 40.4 Å². The highest BCUT2D eigenvalue weighted by Gasteiger charge is 2.32. The molecule has 0 saturated heterocycles. The molecule has 0 radical (unpaired) electrons. The predicted octanol–water partition coefficient (Wildman–Crippen LogP) is 6.78. The minimum absolute atomic E-state index is 0.0187. The van der Waals surface area contributed by atoms with Gasteiger partial charge in [0.25, 0.3) is 5.91 Å². The van der Waals surface area contributed by atoms with Crippen LogP contribution in [0.1, 0.15) is 78.9 Å². The second-order valence-electron chi connectivity index (χ2n) is 11.6. The molecule has 12 heteroatoms. The van der Waals surface area contributed by atoms with Gasteiger partial charge in [-0.05, 0) is 62.8 Å². The van der Waals surface area contributed by atoms with Crippen molar-refractivity contribution in [3.63, 3.8) is 0 Å². The Balaban J connectivity index is 1.36. The normalized spacial score (nSPS) is 20.1. The van der Waals surface area contributed by atoms with Crippen molar-refractivity contribution < 1.29 is 22.8 Å². The van der Waals surface area contributed by atoms with Crippen LogP contribution in [-0.2, 0) is 11.0 Å². The van der Waals surface area contributed by atoms with Crippen LogP contribution in [0.2, 0.25) is 0 Å². The number of nitrogens with zero attached hydrogens (tertiary/aromatic N) is 4. The van der Waals surface area contributed by atoms with Gasteiger partial charge >= 0.3 is 6.18 Å². The molecule has 6 rings (SSSR count).